The van der Waals surface area contributed by atoms with Gasteiger partial charge in [0.1, 0.15) is 17.7 Å². The summed E-state index contributed by atoms with van der Waals surface area (Å²) in [6.45, 7) is 4.89. The average molecular weight is 511 g/mol. The highest BCUT2D eigenvalue weighted by Gasteiger charge is 2.31. The molecule has 1 aromatic carbocycles. The van der Waals surface area contributed by atoms with Gasteiger partial charge in [-0.3, -0.25) is 4.79 Å². The van der Waals surface area contributed by atoms with Crippen molar-refractivity contribution in [1.82, 2.24) is 25.1 Å². The summed E-state index contributed by atoms with van der Waals surface area (Å²) >= 11 is 0. The second-order valence-electron chi connectivity index (χ2n) is 10.1. The number of rotatable bonds is 7. The Labute approximate surface area is 218 Å². The smallest absolute Gasteiger partial charge is 0.317 e. The molecule has 2 aliphatic rings. The molecule has 37 heavy (non-hydrogen) atoms. The Kier molecular flexibility index (Phi) is 8.32. The van der Waals surface area contributed by atoms with Crippen LogP contribution in [0, 0.1) is 0 Å². The molecule has 2 atom stereocenters. The summed E-state index contributed by atoms with van der Waals surface area (Å²) in [5.41, 5.74) is 6.41. The third-order valence-corrected chi connectivity index (χ3v) is 7.08. The number of urea groups is 1. The molecule has 11 heteroatoms. The van der Waals surface area contributed by atoms with E-state index in [9.17, 15) is 9.59 Å². The summed E-state index contributed by atoms with van der Waals surface area (Å²) in [7, 11) is 5.57. The number of nitrogens with two attached hydrogens (primary N) is 1. The lowest BCUT2D eigenvalue weighted by molar-refractivity contribution is 0.0996. The number of piperidine rings is 2. The molecule has 0 aliphatic carbocycles. The van der Waals surface area contributed by atoms with Gasteiger partial charge in [0.05, 0.1) is 12.2 Å². The van der Waals surface area contributed by atoms with Gasteiger partial charge in [0, 0.05) is 45.5 Å². The molecule has 0 spiro atoms. The van der Waals surface area contributed by atoms with Crippen LogP contribution in [0.4, 0.5) is 22.1 Å². The summed E-state index contributed by atoms with van der Waals surface area (Å²) in [6.07, 6.45) is 5.57. The van der Waals surface area contributed by atoms with Gasteiger partial charge in [0.15, 0.2) is 11.5 Å². The molecule has 4 N–H and O–H groups in total. The first-order valence-electron chi connectivity index (χ1n) is 12.8. The number of benzene rings is 1. The van der Waals surface area contributed by atoms with Crippen LogP contribution in [0.3, 0.4) is 0 Å². The number of nitrogens with one attached hydrogen (secondary N) is 2. The fourth-order valence-corrected chi connectivity index (χ4v) is 4.78. The molecule has 2 aliphatic heterocycles. The molecule has 4 rings (SSSR count). The number of anilines is 3. The van der Waals surface area contributed by atoms with Gasteiger partial charge in [-0.2, -0.15) is 0 Å². The first kappa shape index (κ1) is 26.5. The molecule has 0 bridgehead atoms. The molecule has 3 amide bonds. The van der Waals surface area contributed by atoms with Crippen molar-refractivity contribution in [2.24, 2.45) is 5.73 Å². The van der Waals surface area contributed by atoms with E-state index in [1.54, 1.807) is 20.3 Å². The van der Waals surface area contributed by atoms with E-state index in [0.717, 1.165) is 56.8 Å². The van der Waals surface area contributed by atoms with Gasteiger partial charge >= 0.3 is 6.03 Å². The maximum atomic E-state index is 12.2. The molecule has 200 valence electrons. The van der Waals surface area contributed by atoms with E-state index in [4.69, 9.17) is 15.5 Å². The normalized spacial score (nSPS) is 20.8. The molecule has 1 aromatic heterocycles. The Bertz CT molecular complexity index is 1090. The second-order valence-corrected chi connectivity index (χ2v) is 10.1. The van der Waals surface area contributed by atoms with Crippen LogP contribution in [0.25, 0.3) is 0 Å². The summed E-state index contributed by atoms with van der Waals surface area (Å²) < 4.78 is 6.14. The molecule has 3 heterocycles. The quantitative estimate of drug-likeness (QED) is 0.518. The van der Waals surface area contributed by atoms with Crippen molar-refractivity contribution in [3.8, 4) is 5.75 Å². The minimum atomic E-state index is -0.661. The standard InChI is InChI=1S/C26H38N8O3/c1-17-21(30-26(36)32(2)3)6-5-13-34(17)22-16-28-23(24(27)35)25(31-22)29-18-7-9-19(10-8-18)37-20-11-14-33(4)15-12-20/h7-10,16-17,20-21H,5-6,11-15H2,1-4H3,(H2,27,35)(H,29,31)(H,30,36)/t17-,21-/m1/s1. The van der Waals surface area contributed by atoms with Crippen LogP contribution in [0.1, 0.15) is 43.1 Å². The lowest BCUT2D eigenvalue weighted by Crippen LogP contribution is -2.56. The number of carbonyl (C=O) groups is 2. The van der Waals surface area contributed by atoms with Crippen molar-refractivity contribution < 1.29 is 14.3 Å². The fourth-order valence-electron chi connectivity index (χ4n) is 4.78. The highest BCUT2D eigenvalue weighted by Crippen LogP contribution is 2.28. The van der Waals surface area contributed by atoms with Gasteiger partial charge in [0.25, 0.3) is 5.91 Å². The Balaban J connectivity index is 1.48. The summed E-state index contributed by atoms with van der Waals surface area (Å²) in [5, 5.41) is 6.29. The van der Waals surface area contributed by atoms with E-state index in [2.05, 4.69) is 39.4 Å². The van der Waals surface area contributed by atoms with Crippen molar-refractivity contribution in [2.45, 2.75) is 50.8 Å². The number of nitrogens with zero attached hydrogens (tertiary/aromatic N) is 5. The molecule has 0 saturated carbocycles. The van der Waals surface area contributed by atoms with E-state index in [-0.39, 0.29) is 29.9 Å². The molecule has 11 nitrogen and oxygen atoms in total. The number of amides is 3. The van der Waals surface area contributed by atoms with Gasteiger partial charge in [-0.1, -0.05) is 0 Å². The lowest BCUT2D eigenvalue weighted by atomic mass is 9.97. The first-order valence-corrected chi connectivity index (χ1v) is 12.8. The fraction of sp³-hybridized carbons (Fsp3) is 0.538. The molecule has 2 fully saturated rings. The maximum Gasteiger partial charge on any atom is 0.317 e. The first-order chi connectivity index (χ1) is 17.7. The van der Waals surface area contributed by atoms with Crippen molar-refractivity contribution in [3.05, 3.63) is 36.2 Å². The Morgan fingerprint density at radius 3 is 2.46 bits per heavy atom. The zero-order valence-corrected chi connectivity index (χ0v) is 22.1. The van der Waals surface area contributed by atoms with Crippen LogP contribution < -0.4 is 26.0 Å². The molecule has 0 radical (unpaired) electrons. The van der Waals surface area contributed by atoms with E-state index < -0.39 is 5.91 Å². The minimum absolute atomic E-state index is 0.00441. The second kappa shape index (κ2) is 11.6. The van der Waals surface area contributed by atoms with E-state index in [1.807, 2.05) is 24.3 Å². The van der Waals surface area contributed by atoms with Crippen molar-refractivity contribution in [2.75, 3.05) is 51.0 Å². The van der Waals surface area contributed by atoms with Gasteiger partial charge < -0.3 is 35.8 Å². The van der Waals surface area contributed by atoms with Crippen LogP contribution >= 0.6 is 0 Å². The number of likely N-dealkylation sites (tertiary alicyclic amines) is 1. The zero-order valence-electron chi connectivity index (χ0n) is 22.1. The topological polar surface area (TPSA) is 129 Å². The maximum absolute atomic E-state index is 12.2. The number of ether oxygens (including phenoxy) is 1. The third-order valence-electron chi connectivity index (χ3n) is 7.08. The molecule has 2 saturated heterocycles. The Morgan fingerprint density at radius 1 is 1.11 bits per heavy atom. The number of hydrogen-bond acceptors (Lipinski definition) is 8. The van der Waals surface area contributed by atoms with Gasteiger partial charge in [-0.25, -0.2) is 14.8 Å². The van der Waals surface area contributed by atoms with Crippen molar-refractivity contribution in [3.63, 3.8) is 0 Å². The van der Waals surface area contributed by atoms with Crippen LogP contribution in [0.5, 0.6) is 5.75 Å². The van der Waals surface area contributed by atoms with E-state index in [1.165, 1.54) is 4.90 Å². The van der Waals surface area contributed by atoms with E-state index in [0.29, 0.717) is 11.6 Å². The minimum Gasteiger partial charge on any atom is -0.490 e. The number of hydrogen-bond donors (Lipinski definition) is 3. The Morgan fingerprint density at radius 2 is 1.81 bits per heavy atom. The van der Waals surface area contributed by atoms with Gasteiger partial charge in [-0.05, 0) is 63.9 Å². The molecular formula is C26H38N8O3. The van der Waals surface area contributed by atoms with Crippen molar-refractivity contribution in [1.29, 1.82) is 0 Å². The lowest BCUT2D eigenvalue weighted by Gasteiger charge is -2.40. The van der Waals surface area contributed by atoms with Crippen LogP contribution in [0.2, 0.25) is 0 Å². The predicted octanol–water partition coefficient (Wildman–Crippen LogP) is 2.42. The highest BCUT2D eigenvalue weighted by atomic mass is 16.5. The number of carbonyl (C=O) groups excluding carboxylic acids is 2. The Hall–Kier alpha value is -3.60. The average Bonchev–Trinajstić information content (AvgIpc) is 2.87. The van der Waals surface area contributed by atoms with Gasteiger partial charge in [0.2, 0.25) is 0 Å². The molecule has 2 aromatic rings. The number of primary amides is 1. The summed E-state index contributed by atoms with van der Waals surface area (Å²) in [5.74, 6) is 1.06. The van der Waals surface area contributed by atoms with Crippen LogP contribution in [-0.4, -0.2) is 90.7 Å². The van der Waals surface area contributed by atoms with Crippen molar-refractivity contribution >= 4 is 29.3 Å². The summed E-state index contributed by atoms with van der Waals surface area (Å²) in [6, 6.07) is 7.43. The largest absolute Gasteiger partial charge is 0.490 e. The molecular weight excluding hydrogens is 472 g/mol. The van der Waals surface area contributed by atoms with Crippen LogP contribution in [-0.2, 0) is 0 Å². The molecule has 0 unspecified atom stereocenters. The zero-order chi connectivity index (χ0) is 26.5. The highest BCUT2D eigenvalue weighted by molar-refractivity contribution is 5.96. The number of aromatic nitrogens is 2. The SMILES string of the molecule is C[C@@H]1[C@H](NC(=O)N(C)C)CCCN1c1cnc(C(N)=O)c(Nc2ccc(OC3CCN(C)CC3)cc2)n1. The van der Waals surface area contributed by atoms with E-state index >= 15 is 0 Å². The van der Waals surface area contributed by atoms with Gasteiger partial charge in [-0.15, -0.1) is 0 Å². The third kappa shape index (κ3) is 6.59. The predicted molar refractivity (Wildman–Crippen MR) is 143 cm³/mol. The monoisotopic (exact) mass is 510 g/mol. The van der Waals surface area contributed by atoms with Crippen LogP contribution in [0.15, 0.2) is 30.5 Å². The summed E-state index contributed by atoms with van der Waals surface area (Å²) in [4.78, 5) is 39.3.